The van der Waals surface area contributed by atoms with E-state index in [1.165, 1.54) is 12.5 Å². The van der Waals surface area contributed by atoms with Crippen molar-refractivity contribution in [2.24, 2.45) is 5.92 Å². The molecule has 4 rings (SSSR count). The van der Waals surface area contributed by atoms with Gasteiger partial charge in [0.1, 0.15) is 18.7 Å². The molecule has 0 aliphatic heterocycles. The minimum Gasteiger partial charge on any atom is -0.445 e. The van der Waals surface area contributed by atoms with Crippen LogP contribution in [-0.2, 0) is 38.6 Å². The second kappa shape index (κ2) is 15.9. The molecule has 248 valence electrons. The number of aromatic amines is 1. The molecule has 3 unspecified atom stereocenters. The number of amides is 3. The quantitative estimate of drug-likeness (QED) is 0.155. The number of nitrogens with one attached hydrogen (secondary N) is 4. The number of ketones is 1. The van der Waals surface area contributed by atoms with E-state index in [2.05, 4.69) is 25.9 Å². The molecule has 0 aliphatic carbocycles. The first-order chi connectivity index (χ1) is 22.4. The predicted octanol–water partition coefficient (Wildman–Crippen LogP) is 4.79. The Morgan fingerprint density at radius 2 is 1.45 bits per heavy atom. The van der Waals surface area contributed by atoms with Gasteiger partial charge in [-0.25, -0.2) is 9.78 Å². The van der Waals surface area contributed by atoms with Gasteiger partial charge < -0.3 is 25.7 Å². The largest absolute Gasteiger partial charge is 0.452 e. The van der Waals surface area contributed by atoms with Gasteiger partial charge in [-0.2, -0.15) is 13.2 Å². The number of carbonyl (C=O) groups excluding carboxylic acids is 4. The van der Waals surface area contributed by atoms with Crippen LogP contribution in [0.15, 0.2) is 85.3 Å². The van der Waals surface area contributed by atoms with E-state index in [-0.39, 0.29) is 31.8 Å². The van der Waals surface area contributed by atoms with Crippen molar-refractivity contribution in [3.05, 3.63) is 102 Å². The van der Waals surface area contributed by atoms with E-state index in [1.54, 1.807) is 50.2 Å². The fourth-order valence-corrected chi connectivity index (χ4v) is 5.08. The molecule has 4 N–H and O–H groups in total. The van der Waals surface area contributed by atoms with Crippen molar-refractivity contribution in [3.8, 4) is 0 Å². The molecule has 0 bridgehead atoms. The summed E-state index contributed by atoms with van der Waals surface area (Å²) in [7, 11) is 0. The highest BCUT2D eigenvalue weighted by Crippen LogP contribution is 2.22. The number of rotatable bonds is 14. The number of carbonyl (C=O) groups is 4. The first-order valence-electron chi connectivity index (χ1n) is 15.0. The van der Waals surface area contributed by atoms with Crippen LogP contribution in [0.5, 0.6) is 0 Å². The third-order valence-corrected chi connectivity index (χ3v) is 7.36. The van der Waals surface area contributed by atoms with Crippen molar-refractivity contribution in [1.29, 1.82) is 0 Å². The molecule has 13 heteroatoms. The molecule has 0 saturated carbocycles. The van der Waals surface area contributed by atoms with E-state index in [1.807, 2.05) is 36.4 Å². The van der Waals surface area contributed by atoms with Crippen LogP contribution in [0.1, 0.15) is 37.1 Å². The predicted molar refractivity (Wildman–Crippen MR) is 168 cm³/mol. The average Bonchev–Trinajstić information content (AvgIpc) is 3.55. The highest BCUT2D eigenvalue weighted by atomic mass is 19.4. The number of hydrogen-bond acceptors (Lipinski definition) is 6. The molecule has 4 aromatic rings. The van der Waals surface area contributed by atoms with Gasteiger partial charge in [0.25, 0.3) is 5.78 Å². The number of benzene rings is 3. The van der Waals surface area contributed by atoms with E-state index >= 15 is 0 Å². The Morgan fingerprint density at radius 3 is 2.11 bits per heavy atom. The van der Waals surface area contributed by atoms with Crippen LogP contribution in [0.2, 0.25) is 0 Å². The Kier molecular flexibility index (Phi) is 11.7. The van der Waals surface area contributed by atoms with Gasteiger partial charge in [-0.1, -0.05) is 86.6 Å². The molecule has 3 atom stereocenters. The molecule has 0 saturated heterocycles. The highest BCUT2D eigenvalue weighted by Gasteiger charge is 2.44. The van der Waals surface area contributed by atoms with Crippen molar-refractivity contribution < 1.29 is 37.1 Å². The number of nitrogens with zero attached hydrogens (tertiary/aromatic N) is 1. The van der Waals surface area contributed by atoms with E-state index in [4.69, 9.17) is 4.74 Å². The summed E-state index contributed by atoms with van der Waals surface area (Å²) >= 11 is 0. The van der Waals surface area contributed by atoms with Gasteiger partial charge >= 0.3 is 12.3 Å². The molecule has 1 aromatic heterocycles. The van der Waals surface area contributed by atoms with Gasteiger partial charge in [-0.3, -0.25) is 14.4 Å². The first kappa shape index (κ1) is 34.7. The maximum atomic E-state index is 13.9. The van der Waals surface area contributed by atoms with Crippen LogP contribution >= 0.6 is 0 Å². The second-order valence-electron chi connectivity index (χ2n) is 11.5. The van der Waals surface area contributed by atoms with Crippen LogP contribution in [-0.4, -0.2) is 58.0 Å². The number of alkyl carbamates (subject to hydrolysis) is 1. The maximum absolute atomic E-state index is 13.9. The molecule has 47 heavy (non-hydrogen) atoms. The topological polar surface area (TPSA) is 142 Å². The summed E-state index contributed by atoms with van der Waals surface area (Å²) in [5.74, 6) is -4.25. The Labute approximate surface area is 269 Å². The molecule has 0 aliphatic rings. The zero-order chi connectivity index (χ0) is 34.0. The van der Waals surface area contributed by atoms with Gasteiger partial charge in [0.05, 0.1) is 12.4 Å². The molecule has 0 radical (unpaired) electrons. The molecular formula is C34H36F3N5O5. The Balaban J connectivity index is 1.59. The number of halogens is 3. The van der Waals surface area contributed by atoms with E-state index in [0.717, 1.165) is 16.3 Å². The summed E-state index contributed by atoms with van der Waals surface area (Å²) in [6.07, 6.45) is -3.80. The number of H-pyrrole nitrogens is 1. The first-order valence-corrected chi connectivity index (χ1v) is 15.0. The van der Waals surface area contributed by atoms with Gasteiger partial charge in [0.2, 0.25) is 11.8 Å². The molecule has 3 aromatic carbocycles. The highest BCUT2D eigenvalue weighted by molar-refractivity contribution is 5.96. The van der Waals surface area contributed by atoms with Crippen molar-refractivity contribution in [2.45, 2.75) is 64.0 Å². The Morgan fingerprint density at radius 1 is 0.809 bits per heavy atom. The minimum absolute atomic E-state index is 0.00540. The number of fused-ring (bicyclic) bond motifs is 1. The van der Waals surface area contributed by atoms with Crippen LogP contribution in [0, 0.1) is 5.92 Å². The van der Waals surface area contributed by atoms with Crippen molar-refractivity contribution in [1.82, 2.24) is 25.9 Å². The zero-order valence-electron chi connectivity index (χ0n) is 25.8. The fraction of sp³-hybridized carbons (Fsp3) is 0.324. The van der Waals surface area contributed by atoms with E-state index in [9.17, 15) is 32.3 Å². The van der Waals surface area contributed by atoms with Crippen molar-refractivity contribution >= 4 is 34.5 Å². The molecule has 1 heterocycles. The summed E-state index contributed by atoms with van der Waals surface area (Å²) in [5.41, 5.74) is 1.83. The summed E-state index contributed by atoms with van der Waals surface area (Å²) in [4.78, 5) is 59.2. The van der Waals surface area contributed by atoms with E-state index < -0.39 is 48.0 Å². The van der Waals surface area contributed by atoms with Gasteiger partial charge in [-0.15, -0.1) is 0 Å². The lowest BCUT2D eigenvalue weighted by Crippen LogP contribution is -2.58. The number of aromatic nitrogens is 2. The van der Waals surface area contributed by atoms with Gasteiger partial charge in [0, 0.05) is 24.7 Å². The average molecular weight is 652 g/mol. The number of hydrogen-bond donors (Lipinski definition) is 4. The monoisotopic (exact) mass is 651 g/mol. The van der Waals surface area contributed by atoms with Crippen LogP contribution < -0.4 is 16.0 Å². The lowest BCUT2D eigenvalue weighted by molar-refractivity contribution is -0.174. The van der Waals surface area contributed by atoms with Crippen molar-refractivity contribution in [2.75, 3.05) is 0 Å². The number of ether oxygens (including phenoxy) is 1. The smallest absolute Gasteiger partial charge is 0.445 e. The summed E-state index contributed by atoms with van der Waals surface area (Å²) in [5, 5.41) is 9.09. The summed E-state index contributed by atoms with van der Waals surface area (Å²) in [6.45, 7) is 3.17. The number of Topliss-reactive ketones (excluding diaryl/α,β-unsaturated/α-hetero) is 1. The molecule has 0 spiro atoms. The molecular weight excluding hydrogens is 615 g/mol. The van der Waals surface area contributed by atoms with Crippen LogP contribution in [0.4, 0.5) is 18.0 Å². The molecule has 0 fully saturated rings. The summed E-state index contributed by atoms with van der Waals surface area (Å²) < 4.78 is 45.5. The second-order valence-corrected chi connectivity index (χ2v) is 11.5. The SMILES string of the molecule is CC(C)CC(NC(=O)C(Cc1cnc[nH]1)NC(=O)C(Cc1cccc2ccccc12)NC(=O)OCc1ccccc1)C(=O)C(F)(F)F. The third kappa shape index (κ3) is 10.1. The van der Waals surface area contributed by atoms with Crippen molar-refractivity contribution in [3.63, 3.8) is 0 Å². The van der Waals surface area contributed by atoms with Gasteiger partial charge in [0.15, 0.2) is 0 Å². The molecule has 3 amide bonds. The van der Waals surface area contributed by atoms with Gasteiger partial charge in [-0.05, 0) is 34.2 Å². The lowest BCUT2D eigenvalue weighted by Gasteiger charge is -2.26. The zero-order valence-corrected chi connectivity index (χ0v) is 25.8. The Bertz CT molecular complexity index is 1660. The van der Waals surface area contributed by atoms with Crippen LogP contribution in [0.3, 0.4) is 0 Å². The van der Waals surface area contributed by atoms with E-state index in [0.29, 0.717) is 11.3 Å². The normalized spacial score (nSPS) is 13.4. The number of imidazole rings is 1. The minimum atomic E-state index is -5.18. The standard InChI is InChI=1S/C34H36F3N5O5/c1-21(2)15-27(30(43)34(35,36)37)40-32(45)29(17-25-18-38-20-39-25)41-31(44)28(42-33(46)47-19-22-9-4-3-5-10-22)16-24-13-8-12-23-11-6-7-14-26(23)24/h3-14,18,20-21,27-29H,15-17,19H2,1-2H3,(H,38,39)(H,40,45)(H,41,44)(H,42,46). The summed E-state index contributed by atoms with van der Waals surface area (Å²) in [6, 6.07) is 17.3. The van der Waals surface area contributed by atoms with Crippen LogP contribution in [0.25, 0.3) is 10.8 Å². The molecule has 10 nitrogen and oxygen atoms in total. The maximum Gasteiger partial charge on any atom is 0.452 e. The fourth-order valence-electron chi connectivity index (χ4n) is 5.08. The number of alkyl halides is 3. The lowest BCUT2D eigenvalue weighted by atomic mass is 9.97. The Hall–Kier alpha value is -5.20. The third-order valence-electron chi connectivity index (χ3n) is 7.36.